The number of sulfonamides is 1. The molecule has 0 aliphatic heterocycles. The van der Waals surface area contributed by atoms with Gasteiger partial charge in [0.1, 0.15) is 5.69 Å². The van der Waals surface area contributed by atoms with Crippen molar-refractivity contribution >= 4 is 27.3 Å². The monoisotopic (exact) mass is 316 g/mol. The molecular weight excluding hydrogens is 300 g/mol. The topological polar surface area (TPSA) is 144 Å². The second kappa shape index (κ2) is 6.99. The van der Waals surface area contributed by atoms with Crippen LogP contribution in [-0.2, 0) is 14.8 Å². The maximum Gasteiger partial charge on any atom is 0.292 e. The highest BCUT2D eigenvalue weighted by atomic mass is 32.2. The van der Waals surface area contributed by atoms with Crippen LogP contribution < -0.4 is 15.8 Å². The lowest BCUT2D eigenvalue weighted by Crippen LogP contribution is -2.33. The molecule has 0 aromatic heterocycles. The Morgan fingerprint density at radius 1 is 1.43 bits per heavy atom. The van der Waals surface area contributed by atoms with Crippen LogP contribution >= 0.6 is 0 Å². The first-order chi connectivity index (χ1) is 9.77. The normalized spacial score (nSPS) is 11.1. The molecule has 0 saturated heterocycles. The minimum atomic E-state index is -3.96. The van der Waals surface area contributed by atoms with Crippen molar-refractivity contribution in [2.45, 2.75) is 18.2 Å². The van der Waals surface area contributed by atoms with Crippen LogP contribution in [0.3, 0.4) is 0 Å². The van der Waals surface area contributed by atoms with Crippen molar-refractivity contribution in [3.05, 3.63) is 28.3 Å². The Labute approximate surface area is 121 Å². The molecule has 0 aliphatic rings. The van der Waals surface area contributed by atoms with E-state index < -0.39 is 27.4 Å². The number of anilines is 1. The van der Waals surface area contributed by atoms with Crippen LogP contribution in [0.15, 0.2) is 23.1 Å². The summed E-state index contributed by atoms with van der Waals surface area (Å²) in [7, 11) is -3.96. The number of nitro groups is 1. The number of hydrogen-bond acceptors (Lipinski definition) is 6. The van der Waals surface area contributed by atoms with Crippen LogP contribution in [0.1, 0.15) is 13.3 Å². The van der Waals surface area contributed by atoms with Gasteiger partial charge in [-0.1, -0.05) is 6.92 Å². The van der Waals surface area contributed by atoms with Crippen molar-refractivity contribution in [2.75, 3.05) is 18.4 Å². The fraction of sp³-hybridized carbons (Fsp3) is 0.364. The molecule has 1 rings (SSSR count). The molecule has 0 spiro atoms. The molecular formula is C11H16N4O5S. The molecule has 21 heavy (non-hydrogen) atoms. The number of nitrogens with zero attached hydrogens (tertiary/aromatic N) is 1. The van der Waals surface area contributed by atoms with Crippen LogP contribution in [0, 0.1) is 10.1 Å². The molecule has 4 N–H and O–H groups in total. The maximum absolute atomic E-state index is 11.9. The molecule has 0 saturated carbocycles. The van der Waals surface area contributed by atoms with E-state index >= 15 is 0 Å². The maximum atomic E-state index is 11.9. The summed E-state index contributed by atoms with van der Waals surface area (Å²) < 4.78 is 25.9. The van der Waals surface area contributed by atoms with E-state index in [0.29, 0.717) is 13.0 Å². The molecule has 0 bridgehead atoms. The number of nitro benzene ring substituents is 1. The average molecular weight is 316 g/mol. The highest BCUT2D eigenvalue weighted by molar-refractivity contribution is 7.89. The molecule has 0 fully saturated rings. The lowest BCUT2D eigenvalue weighted by atomic mass is 10.2. The summed E-state index contributed by atoms with van der Waals surface area (Å²) in [6, 6.07) is 3.34. The van der Waals surface area contributed by atoms with E-state index in [-0.39, 0.29) is 16.3 Å². The Hall–Kier alpha value is -2.20. The first-order valence-electron chi connectivity index (χ1n) is 6.08. The first kappa shape index (κ1) is 16.9. The van der Waals surface area contributed by atoms with Crippen LogP contribution in [0.25, 0.3) is 0 Å². The molecule has 0 heterocycles. The summed E-state index contributed by atoms with van der Waals surface area (Å²) in [5.74, 6) is -0.829. The number of nitrogens with two attached hydrogens (primary N) is 1. The molecule has 1 aromatic rings. The van der Waals surface area contributed by atoms with Crippen molar-refractivity contribution in [1.29, 1.82) is 0 Å². The standard InChI is InChI=1S/C11H16N4O5S/c1-2-5-13-9-6-8(3-4-10(9)15(17)18)21(19,20)14-7-11(12)16/h3-4,6,13-14H,2,5,7H2,1H3,(H2,12,16). The number of rotatable bonds is 8. The van der Waals surface area contributed by atoms with Gasteiger partial charge >= 0.3 is 0 Å². The van der Waals surface area contributed by atoms with Gasteiger partial charge in [0.25, 0.3) is 5.69 Å². The third kappa shape index (κ3) is 4.68. The van der Waals surface area contributed by atoms with Gasteiger partial charge in [-0.05, 0) is 18.6 Å². The Morgan fingerprint density at radius 3 is 2.62 bits per heavy atom. The molecule has 1 aromatic carbocycles. The third-order valence-corrected chi connectivity index (χ3v) is 3.88. The minimum absolute atomic E-state index is 0.101. The molecule has 0 unspecified atom stereocenters. The van der Waals surface area contributed by atoms with Gasteiger partial charge in [-0.15, -0.1) is 0 Å². The Balaban J connectivity index is 3.14. The van der Waals surface area contributed by atoms with Crippen LogP contribution in [0.5, 0.6) is 0 Å². The zero-order chi connectivity index (χ0) is 16.0. The van der Waals surface area contributed by atoms with Crippen molar-refractivity contribution in [1.82, 2.24) is 4.72 Å². The summed E-state index contributed by atoms with van der Waals surface area (Å²) in [4.78, 5) is 20.7. The highest BCUT2D eigenvalue weighted by Gasteiger charge is 2.20. The van der Waals surface area contributed by atoms with Gasteiger partial charge in [0.15, 0.2) is 0 Å². The zero-order valence-corrected chi connectivity index (χ0v) is 12.1. The third-order valence-electron chi connectivity index (χ3n) is 2.48. The lowest BCUT2D eigenvalue weighted by Gasteiger charge is -2.09. The Bertz CT molecular complexity index is 644. The molecule has 1 amide bonds. The van der Waals surface area contributed by atoms with E-state index in [2.05, 4.69) is 5.32 Å². The fourth-order valence-corrected chi connectivity index (χ4v) is 2.51. The van der Waals surface area contributed by atoms with Gasteiger partial charge in [-0.25, -0.2) is 13.1 Å². The number of carbonyl (C=O) groups excluding carboxylic acids is 1. The second-order valence-corrected chi connectivity index (χ2v) is 5.92. The number of hydrogen-bond donors (Lipinski definition) is 3. The number of amides is 1. The van der Waals surface area contributed by atoms with E-state index in [4.69, 9.17) is 5.73 Å². The molecule has 0 radical (unpaired) electrons. The van der Waals surface area contributed by atoms with E-state index in [1.165, 1.54) is 0 Å². The number of carbonyl (C=O) groups is 1. The van der Waals surface area contributed by atoms with Gasteiger partial charge in [-0.3, -0.25) is 14.9 Å². The SMILES string of the molecule is CCCNc1cc(S(=O)(=O)NCC(N)=O)ccc1[N+](=O)[O-]. The van der Waals surface area contributed by atoms with Crippen LogP contribution in [0.4, 0.5) is 11.4 Å². The molecule has 0 aliphatic carbocycles. The van der Waals surface area contributed by atoms with Gasteiger partial charge in [0.05, 0.1) is 16.4 Å². The summed E-state index contributed by atoms with van der Waals surface area (Å²) in [5, 5.41) is 13.7. The van der Waals surface area contributed by atoms with Crippen LogP contribution in [-0.4, -0.2) is 32.3 Å². The lowest BCUT2D eigenvalue weighted by molar-refractivity contribution is -0.384. The smallest absolute Gasteiger partial charge is 0.292 e. The largest absolute Gasteiger partial charge is 0.379 e. The Morgan fingerprint density at radius 2 is 2.10 bits per heavy atom. The van der Waals surface area contributed by atoms with E-state index in [1.807, 2.05) is 11.6 Å². The van der Waals surface area contributed by atoms with Crippen molar-refractivity contribution in [3.63, 3.8) is 0 Å². The van der Waals surface area contributed by atoms with Gasteiger partial charge in [0.2, 0.25) is 15.9 Å². The molecule has 10 heteroatoms. The van der Waals surface area contributed by atoms with Gasteiger partial charge < -0.3 is 11.1 Å². The predicted molar refractivity (Wildman–Crippen MR) is 76.3 cm³/mol. The van der Waals surface area contributed by atoms with E-state index in [1.54, 1.807) is 0 Å². The highest BCUT2D eigenvalue weighted by Crippen LogP contribution is 2.27. The van der Waals surface area contributed by atoms with Crippen molar-refractivity contribution in [3.8, 4) is 0 Å². The minimum Gasteiger partial charge on any atom is -0.379 e. The summed E-state index contributed by atoms with van der Waals surface area (Å²) in [5.41, 5.74) is 4.75. The molecule has 116 valence electrons. The van der Waals surface area contributed by atoms with E-state index in [9.17, 15) is 23.3 Å². The van der Waals surface area contributed by atoms with Crippen molar-refractivity contribution in [2.24, 2.45) is 5.73 Å². The van der Waals surface area contributed by atoms with Crippen LogP contribution in [0.2, 0.25) is 0 Å². The summed E-state index contributed by atoms with van der Waals surface area (Å²) >= 11 is 0. The molecule has 9 nitrogen and oxygen atoms in total. The number of primary amides is 1. The first-order valence-corrected chi connectivity index (χ1v) is 7.56. The Kier molecular flexibility index (Phi) is 5.61. The predicted octanol–water partition coefficient (Wildman–Crippen LogP) is 0.180. The summed E-state index contributed by atoms with van der Waals surface area (Å²) in [6.45, 7) is 1.78. The second-order valence-electron chi connectivity index (χ2n) is 4.15. The fourth-order valence-electron chi connectivity index (χ4n) is 1.49. The molecule has 0 atom stereocenters. The van der Waals surface area contributed by atoms with Gasteiger partial charge in [-0.2, -0.15) is 0 Å². The quantitative estimate of drug-likeness (QED) is 0.461. The zero-order valence-electron chi connectivity index (χ0n) is 11.3. The van der Waals surface area contributed by atoms with Gasteiger partial charge in [0, 0.05) is 12.6 Å². The average Bonchev–Trinajstić information content (AvgIpc) is 2.42. The number of benzene rings is 1. The van der Waals surface area contributed by atoms with Crippen molar-refractivity contribution < 1.29 is 18.1 Å². The van der Waals surface area contributed by atoms with E-state index in [0.717, 1.165) is 18.2 Å². The number of nitrogens with one attached hydrogen (secondary N) is 2. The summed E-state index contributed by atoms with van der Waals surface area (Å²) in [6.07, 6.45) is 0.716.